The third-order valence-corrected chi connectivity index (χ3v) is 4.14. The number of pyridine rings is 1. The van der Waals surface area contributed by atoms with Gasteiger partial charge in [0.25, 0.3) is 5.91 Å². The number of halogens is 3. The van der Waals surface area contributed by atoms with Crippen LogP contribution in [0.2, 0.25) is 0 Å². The van der Waals surface area contributed by atoms with Crippen LogP contribution in [0.3, 0.4) is 0 Å². The molecule has 0 aromatic carbocycles. The number of aromatic nitrogens is 2. The summed E-state index contributed by atoms with van der Waals surface area (Å²) >= 11 is 0. The van der Waals surface area contributed by atoms with Crippen LogP contribution < -0.4 is 0 Å². The van der Waals surface area contributed by atoms with Gasteiger partial charge in [0.15, 0.2) is 5.41 Å². The van der Waals surface area contributed by atoms with Crippen LogP contribution in [0.4, 0.5) is 13.2 Å². The lowest BCUT2D eigenvalue weighted by atomic mass is 9.86. The summed E-state index contributed by atoms with van der Waals surface area (Å²) in [4.78, 5) is 28.5. The molecule has 1 amide bonds. The van der Waals surface area contributed by atoms with E-state index in [1.807, 2.05) is 0 Å². The highest BCUT2D eigenvalue weighted by molar-refractivity contribution is 5.95. The number of likely N-dealkylation sites (tertiary alicyclic amines) is 1. The molecule has 2 aromatic heterocycles. The number of hydrogen-bond donors (Lipinski definition) is 1. The second-order valence-electron chi connectivity index (χ2n) is 5.47. The molecule has 122 valence electrons. The van der Waals surface area contributed by atoms with E-state index in [2.05, 4.69) is 4.98 Å². The van der Waals surface area contributed by atoms with E-state index in [-0.39, 0.29) is 12.1 Å². The van der Waals surface area contributed by atoms with Gasteiger partial charge in [0.2, 0.25) is 0 Å². The molecule has 1 unspecified atom stereocenters. The van der Waals surface area contributed by atoms with E-state index in [0.717, 1.165) is 4.90 Å². The molecule has 2 aromatic rings. The zero-order valence-electron chi connectivity index (χ0n) is 11.7. The van der Waals surface area contributed by atoms with Crippen molar-refractivity contribution in [3.63, 3.8) is 0 Å². The fraction of sp³-hybridized carbons (Fsp3) is 0.357. The summed E-state index contributed by atoms with van der Waals surface area (Å²) < 4.78 is 41.0. The molecule has 6 nitrogen and oxygen atoms in total. The Morgan fingerprint density at radius 1 is 1.30 bits per heavy atom. The standard InChI is InChI=1S/C14H12F3N3O3/c15-14(16,17)13(12(22)23)3-5-20(8-13)11(21)9-1-2-10-18-4-6-19(10)7-9/h1-2,4,6-7H,3,5,8H2,(H,22,23). The van der Waals surface area contributed by atoms with Gasteiger partial charge >= 0.3 is 12.1 Å². The number of amides is 1. The Hall–Kier alpha value is -2.58. The first-order valence-electron chi connectivity index (χ1n) is 6.77. The molecule has 0 radical (unpaired) electrons. The van der Waals surface area contributed by atoms with E-state index in [9.17, 15) is 22.8 Å². The number of hydrogen-bond acceptors (Lipinski definition) is 3. The number of carbonyl (C=O) groups excluding carboxylic acids is 1. The number of fused-ring (bicyclic) bond motifs is 1. The number of carboxylic acid groups (broad SMARTS) is 1. The molecule has 1 N–H and O–H groups in total. The summed E-state index contributed by atoms with van der Waals surface area (Å²) in [5.74, 6) is -2.58. The minimum absolute atomic E-state index is 0.180. The molecule has 9 heteroatoms. The lowest BCUT2D eigenvalue weighted by Gasteiger charge is -2.27. The molecule has 1 aliphatic heterocycles. The monoisotopic (exact) mass is 327 g/mol. The van der Waals surface area contributed by atoms with Crippen LogP contribution in [-0.2, 0) is 4.79 Å². The van der Waals surface area contributed by atoms with Gasteiger partial charge in [-0.2, -0.15) is 13.2 Å². The van der Waals surface area contributed by atoms with Crippen molar-refractivity contribution in [3.8, 4) is 0 Å². The number of carbonyl (C=O) groups is 2. The van der Waals surface area contributed by atoms with Gasteiger partial charge in [-0.05, 0) is 18.6 Å². The molecule has 1 atom stereocenters. The van der Waals surface area contributed by atoms with E-state index in [0.29, 0.717) is 5.65 Å². The largest absolute Gasteiger partial charge is 0.481 e. The van der Waals surface area contributed by atoms with Crippen LogP contribution in [-0.4, -0.2) is 50.5 Å². The van der Waals surface area contributed by atoms with Crippen LogP contribution in [0.25, 0.3) is 5.65 Å². The number of nitrogens with zero attached hydrogens (tertiary/aromatic N) is 3. The average molecular weight is 327 g/mol. The van der Waals surface area contributed by atoms with Gasteiger partial charge < -0.3 is 14.4 Å². The van der Waals surface area contributed by atoms with Crippen molar-refractivity contribution in [1.82, 2.24) is 14.3 Å². The molecule has 3 rings (SSSR count). The Bertz CT molecular complexity index is 786. The highest BCUT2D eigenvalue weighted by Crippen LogP contribution is 2.45. The summed E-state index contributed by atoms with van der Waals surface area (Å²) in [7, 11) is 0. The van der Waals surface area contributed by atoms with Gasteiger partial charge in [0.1, 0.15) is 5.65 Å². The zero-order valence-corrected chi connectivity index (χ0v) is 11.7. The summed E-state index contributed by atoms with van der Waals surface area (Å²) in [6.45, 7) is -1.14. The molecule has 1 saturated heterocycles. The van der Waals surface area contributed by atoms with E-state index in [4.69, 9.17) is 5.11 Å². The van der Waals surface area contributed by atoms with Crippen molar-refractivity contribution in [3.05, 3.63) is 36.3 Å². The van der Waals surface area contributed by atoms with Gasteiger partial charge in [-0.15, -0.1) is 0 Å². The normalized spacial score (nSPS) is 21.8. The number of rotatable bonds is 2. The van der Waals surface area contributed by atoms with Gasteiger partial charge in [0.05, 0.1) is 5.56 Å². The first kappa shape index (κ1) is 15.3. The maximum absolute atomic E-state index is 13.1. The van der Waals surface area contributed by atoms with E-state index < -0.39 is 36.4 Å². The van der Waals surface area contributed by atoms with E-state index in [1.165, 1.54) is 18.5 Å². The molecular weight excluding hydrogens is 315 g/mol. The van der Waals surface area contributed by atoms with Crippen molar-refractivity contribution in [2.24, 2.45) is 5.41 Å². The zero-order chi connectivity index (χ0) is 16.8. The second-order valence-corrected chi connectivity index (χ2v) is 5.47. The lowest BCUT2D eigenvalue weighted by Crippen LogP contribution is -2.47. The van der Waals surface area contributed by atoms with Crippen LogP contribution in [0.1, 0.15) is 16.8 Å². The van der Waals surface area contributed by atoms with Crippen molar-refractivity contribution in [1.29, 1.82) is 0 Å². The third-order valence-electron chi connectivity index (χ3n) is 4.14. The fourth-order valence-electron chi connectivity index (χ4n) is 2.74. The first-order valence-corrected chi connectivity index (χ1v) is 6.77. The molecule has 3 heterocycles. The smallest absolute Gasteiger partial charge is 0.406 e. The molecule has 0 spiro atoms. The molecule has 0 aliphatic carbocycles. The topological polar surface area (TPSA) is 74.9 Å². The summed E-state index contributed by atoms with van der Waals surface area (Å²) in [5.41, 5.74) is -2.13. The Balaban J connectivity index is 1.88. The van der Waals surface area contributed by atoms with Gasteiger partial charge in [-0.3, -0.25) is 9.59 Å². The molecule has 1 aliphatic rings. The SMILES string of the molecule is O=C(c1ccc2nccn2c1)N1CCC(C(=O)O)(C(F)(F)F)C1. The summed E-state index contributed by atoms with van der Waals surface area (Å²) in [6.07, 6.45) is -0.974. The highest BCUT2D eigenvalue weighted by Gasteiger charge is 2.64. The van der Waals surface area contributed by atoms with Crippen LogP contribution >= 0.6 is 0 Å². The maximum atomic E-state index is 13.1. The quantitative estimate of drug-likeness (QED) is 0.913. The summed E-state index contributed by atoms with van der Waals surface area (Å²) in [6, 6.07) is 3.02. The Morgan fingerprint density at radius 2 is 2.04 bits per heavy atom. The number of carboxylic acids is 1. The van der Waals surface area contributed by atoms with Crippen LogP contribution in [0.15, 0.2) is 30.7 Å². The maximum Gasteiger partial charge on any atom is 0.406 e. The Labute approximate surface area is 128 Å². The minimum atomic E-state index is -4.91. The predicted octanol–water partition coefficient (Wildman–Crippen LogP) is 1.81. The number of aliphatic carboxylic acids is 1. The van der Waals surface area contributed by atoms with Crippen LogP contribution in [0.5, 0.6) is 0 Å². The van der Waals surface area contributed by atoms with E-state index in [1.54, 1.807) is 16.7 Å². The third kappa shape index (κ3) is 2.32. The Kier molecular flexibility index (Phi) is 3.31. The van der Waals surface area contributed by atoms with E-state index >= 15 is 0 Å². The van der Waals surface area contributed by atoms with Crippen molar-refractivity contribution < 1.29 is 27.9 Å². The van der Waals surface area contributed by atoms with Gasteiger partial charge in [-0.1, -0.05) is 0 Å². The highest BCUT2D eigenvalue weighted by atomic mass is 19.4. The van der Waals surface area contributed by atoms with Gasteiger partial charge in [0, 0.05) is 31.7 Å². The number of alkyl halides is 3. The van der Waals surface area contributed by atoms with Crippen molar-refractivity contribution in [2.75, 3.05) is 13.1 Å². The first-order chi connectivity index (χ1) is 10.7. The molecule has 0 bridgehead atoms. The van der Waals surface area contributed by atoms with Crippen molar-refractivity contribution in [2.45, 2.75) is 12.6 Å². The molecule has 1 fully saturated rings. The molecule has 0 saturated carbocycles. The second kappa shape index (κ2) is 4.97. The fourth-order valence-corrected chi connectivity index (χ4v) is 2.74. The minimum Gasteiger partial charge on any atom is -0.481 e. The molecule has 23 heavy (non-hydrogen) atoms. The lowest BCUT2D eigenvalue weighted by molar-refractivity contribution is -0.227. The van der Waals surface area contributed by atoms with Gasteiger partial charge in [-0.25, -0.2) is 4.98 Å². The number of imidazole rings is 1. The Morgan fingerprint density at radius 3 is 2.65 bits per heavy atom. The average Bonchev–Trinajstić information content (AvgIpc) is 3.12. The van der Waals surface area contributed by atoms with Crippen molar-refractivity contribution >= 4 is 17.5 Å². The summed E-state index contributed by atoms with van der Waals surface area (Å²) in [5, 5.41) is 9.01. The molecular formula is C14H12F3N3O3. The van der Waals surface area contributed by atoms with Crippen LogP contribution in [0, 0.1) is 5.41 Å². The predicted molar refractivity (Wildman–Crippen MR) is 71.8 cm³/mol.